The number of ether oxygens (including phenoxy) is 1. The average molecular weight is 504 g/mol. The number of halogens is 1. The number of anilines is 3. The van der Waals surface area contributed by atoms with E-state index in [0.29, 0.717) is 66.7 Å². The van der Waals surface area contributed by atoms with Crippen molar-refractivity contribution >= 4 is 34.0 Å². The zero-order valence-corrected chi connectivity index (χ0v) is 20.3. The van der Waals surface area contributed by atoms with Crippen LogP contribution in [0, 0.1) is 12.7 Å². The fraction of sp³-hybridized carbons (Fsp3) is 0.308. The van der Waals surface area contributed by atoms with Crippen molar-refractivity contribution in [3.63, 3.8) is 0 Å². The van der Waals surface area contributed by atoms with E-state index in [9.17, 15) is 9.90 Å². The molecule has 5 heterocycles. The molecule has 190 valence electrons. The number of carbonyl (C=O) groups excluding carboxylic acids is 1. The van der Waals surface area contributed by atoms with Gasteiger partial charge in [0, 0.05) is 66.7 Å². The van der Waals surface area contributed by atoms with Crippen molar-refractivity contribution in [1.29, 1.82) is 0 Å². The van der Waals surface area contributed by atoms with Crippen LogP contribution in [0.3, 0.4) is 0 Å². The van der Waals surface area contributed by atoms with E-state index in [1.165, 1.54) is 6.07 Å². The van der Waals surface area contributed by atoms with Crippen molar-refractivity contribution in [3.8, 4) is 17.0 Å². The highest BCUT2D eigenvalue weighted by atomic mass is 19.1. The number of β-amino-alcohol motifs (C(OH)–C–C–N with tert-alkyl or cyclic N) is 1. The van der Waals surface area contributed by atoms with Gasteiger partial charge in [-0.15, -0.1) is 0 Å². The highest BCUT2D eigenvalue weighted by Gasteiger charge is 2.22. The predicted molar refractivity (Wildman–Crippen MR) is 137 cm³/mol. The first-order valence-electron chi connectivity index (χ1n) is 12.2. The summed E-state index contributed by atoms with van der Waals surface area (Å²) in [5.41, 5.74) is 3.74. The number of nitrogens with one attached hydrogen (secondary N) is 2. The Morgan fingerprint density at radius 3 is 2.89 bits per heavy atom. The van der Waals surface area contributed by atoms with E-state index in [4.69, 9.17) is 4.74 Å². The number of fused-ring (bicyclic) bond motifs is 3. The predicted octanol–water partition coefficient (Wildman–Crippen LogP) is 2.87. The lowest BCUT2D eigenvalue weighted by Crippen LogP contribution is -2.35. The number of aliphatic hydroxyl groups excluding tert-OH is 1. The highest BCUT2D eigenvalue weighted by molar-refractivity contribution is 5.90. The van der Waals surface area contributed by atoms with E-state index < -0.39 is 0 Å². The Morgan fingerprint density at radius 1 is 1.14 bits per heavy atom. The van der Waals surface area contributed by atoms with Crippen LogP contribution in [0.4, 0.5) is 21.7 Å². The lowest BCUT2D eigenvalue weighted by atomic mass is 9.98. The lowest BCUT2D eigenvalue weighted by molar-refractivity contribution is -0.132. The van der Waals surface area contributed by atoms with Crippen LogP contribution in [0.15, 0.2) is 36.7 Å². The first kappa shape index (κ1) is 23.2. The Kier molecular flexibility index (Phi) is 5.84. The number of rotatable bonds is 5. The molecule has 3 N–H and O–H groups in total. The van der Waals surface area contributed by atoms with Gasteiger partial charge in [0.25, 0.3) is 0 Å². The van der Waals surface area contributed by atoms with E-state index in [0.717, 1.165) is 22.3 Å². The Labute approximate surface area is 212 Å². The van der Waals surface area contributed by atoms with Gasteiger partial charge in [0.15, 0.2) is 5.82 Å². The summed E-state index contributed by atoms with van der Waals surface area (Å²) in [4.78, 5) is 22.9. The largest absolute Gasteiger partial charge is 0.474 e. The number of carbonyl (C=O) groups is 1. The number of aromatic nitrogens is 4. The number of hydrogen-bond acceptors (Lipinski definition) is 8. The number of aliphatic hydroxyl groups is 1. The Hall–Kier alpha value is -4.25. The van der Waals surface area contributed by atoms with Crippen molar-refractivity contribution in [2.24, 2.45) is 0 Å². The lowest BCUT2D eigenvalue weighted by Gasteiger charge is -2.21. The van der Waals surface area contributed by atoms with Crippen LogP contribution in [-0.2, 0) is 17.8 Å². The minimum atomic E-state index is -0.352. The Balaban J connectivity index is 1.29. The number of pyridine rings is 2. The van der Waals surface area contributed by atoms with Crippen LogP contribution < -0.4 is 15.4 Å². The van der Waals surface area contributed by atoms with E-state index in [-0.39, 0.29) is 24.9 Å². The molecule has 0 fully saturated rings. The highest BCUT2D eigenvalue weighted by Crippen LogP contribution is 2.37. The molecule has 1 amide bonds. The molecule has 0 aliphatic carbocycles. The third-order valence-corrected chi connectivity index (χ3v) is 6.81. The van der Waals surface area contributed by atoms with Crippen LogP contribution in [0.5, 0.6) is 5.88 Å². The van der Waals surface area contributed by atoms with Crippen LogP contribution in [0.25, 0.3) is 21.9 Å². The number of amides is 1. The van der Waals surface area contributed by atoms with E-state index in [1.807, 2.05) is 19.1 Å². The first-order chi connectivity index (χ1) is 18.0. The minimum Gasteiger partial charge on any atom is -0.474 e. The molecule has 0 spiro atoms. The van der Waals surface area contributed by atoms with Gasteiger partial charge in [0.05, 0.1) is 6.61 Å². The number of nitrogens with zero attached hydrogens (tertiary/aromatic N) is 5. The maximum Gasteiger partial charge on any atom is 0.244 e. The zero-order valence-electron chi connectivity index (χ0n) is 20.3. The monoisotopic (exact) mass is 503 g/mol. The molecule has 0 atom stereocenters. The molecule has 2 aliphatic heterocycles. The fourth-order valence-corrected chi connectivity index (χ4v) is 4.88. The zero-order chi connectivity index (χ0) is 25.5. The summed E-state index contributed by atoms with van der Waals surface area (Å²) in [5.74, 6) is 1.24. The molecule has 3 aromatic heterocycles. The minimum absolute atomic E-state index is 0.0615. The standard InChI is InChI=1S/C26H26FN7O3/c1-15-20(13-30-26-25(15)28-3-7-37-26)19-8-16-10-22(29-12-17(16)9-21(19)27)31-23-11-18-2-4-33(5-6-35)24(36)14-34(18)32-23/h8-13,28,35H,2-7,14H2,1H3,(H,29,31,32). The summed E-state index contributed by atoms with van der Waals surface area (Å²) < 4.78 is 22.4. The Morgan fingerprint density at radius 2 is 2.03 bits per heavy atom. The average Bonchev–Trinajstić information content (AvgIpc) is 3.20. The van der Waals surface area contributed by atoms with Crippen molar-refractivity contribution in [2.45, 2.75) is 19.9 Å². The third-order valence-electron chi connectivity index (χ3n) is 6.81. The van der Waals surface area contributed by atoms with E-state index >= 15 is 4.39 Å². The van der Waals surface area contributed by atoms with Gasteiger partial charge in [-0.3, -0.25) is 9.48 Å². The molecule has 6 rings (SSSR count). The van der Waals surface area contributed by atoms with Crippen molar-refractivity contribution in [1.82, 2.24) is 24.6 Å². The van der Waals surface area contributed by atoms with Crippen molar-refractivity contribution < 1.29 is 19.0 Å². The third kappa shape index (κ3) is 4.31. The summed E-state index contributed by atoms with van der Waals surface area (Å²) in [6.07, 6.45) is 3.91. The van der Waals surface area contributed by atoms with Crippen molar-refractivity contribution in [2.75, 3.05) is 43.5 Å². The normalized spacial score (nSPS) is 15.0. The maximum atomic E-state index is 15.2. The van der Waals surface area contributed by atoms with Crippen LogP contribution >= 0.6 is 0 Å². The Bertz CT molecular complexity index is 1520. The molecule has 1 aromatic carbocycles. The second-order valence-corrected chi connectivity index (χ2v) is 9.16. The molecule has 0 bridgehead atoms. The molecule has 0 saturated carbocycles. The SMILES string of the molecule is Cc1c(-c2cc3cc(Nc4cc5n(n4)CC(=O)N(CCO)CC5)ncc3cc2F)cnc2c1NCCO2. The second kappa shape index (κ2) is 9.32. The fourth-order valence-electron chi connectivity index (χ4n) is 4.88. The van der Waals surface area contributed by atoms with Crippen LogP contribution in [0.1, 0.15) is 11.3 Å². The number of hydrogen-bond donors (Lipinski definition) is 3. The van der Waals surface area contributed by atoms with Crippen LogP contribution in [0.2, 0.25) is 0 Å². The van der Waals surface area contributed by atoms with Gasteiger partial charge >= 0.3 is 0 Å². The summed E-state index contributed by atoms with van der Waals surface area (Å²) in [6.45, 7) is 4.07. The summed E-state index contributed by atoms with van der Waals surface area (Å²) in [5, 5.41) is 21.7. The van der Waals surface area contributed by atoms with Gasteiger partial charge in [-0.2, -0.15) is 5.10 Å². The van der Waals surface area contributed by atoms with E-state index in [2.05, 4.69) is 25.7 Å². The van der Waals surface area contributed by atoms with Crippen molar-refractivity contribution in [3.05, 3.63) is 53.7 Å². The number of benzene rings is 1. The van der Waals surface area contributed by atoms with Gasteiger partial charge in [-0.25, -0.2) is 14.4 Å². The first-order valence-corrected chi connectivity index (χ1v) is 12.2. The quantitative estimate of drug-likeness (QED) is 0.381. The summed E-state index contributed by atoms with van der Waals surface area (Å²) in [6, 6.07) is 7.02. The van der Waals surface area contributed by atoms with Gasteiger partial charge in [-0.05, 0) is 36.1 Å². The molecule has 0 saturated heterocycles. The van der Waals surface area contributed by atoms with E-state index in [1.54, 1.807) is 28.0 Å². The molecule has 10 nitrogen and oxygen atoms in total. The molecule has 4 aromatic rings. The molecule has 2 aliphatic rings. The maximum absolute atomic E-state index is 15.2. The molecule has 11 heteroatoms. The van der Waals surface area contributed by atoms with Gasteiger partial charge < -0.3 is 25.4 Å². The smallest absolute Gasteiger partial charge is 0.244 e. The van der Waals surface area contributed by atoms with Gasteiger partial charge in [0.1, 0.15) is 30.5 Å². The molecular formula is C26H26FN7O3. The topological polar surface area (TPSA) is 117 Å². The second-order valence-electron chi connectivity index (χ2n) is 9.16. The van der Waals surface area contributed by atoms with Gasteiger partial charge in [0.2, 0.25) is 11.8 Å². The molecular weight excluding hydrogens is 477 g/mol. The summed E-state index contributed by atoms with van der Waals surface area (Å²) >= 11 is 0. The van der Waals surface area contributed by atoms with Crippen LogP contribution in [-0.4, -0.2) is 68.5 Å². The van der Waals surface area contributed by atoms with Gasteiger partial charge in [-0.1, -0.05) is 0 Å². The molecule has 0 unspecified atom stereocenters. The summed E-state index contributed by atoms with van der Waals surface area (Å²) in [7, 11) is 0. The molecule has 37 heavy (non-hydrogen) atoms. The molecule has 0 radical (unpaired) electrons.